The number of nitrogens with zero attached hydrogens (tertiary/aromatic N) is 1. The Morgan fingerprint density at radius 1 is 1.50 bits per heavy atom. The van der Waals surface area contributed by atoms with Gasteiger partial charge in [-0.05, 0) is 6.07 Å². The Balaban J connectivity index is 3.23. The Morgan fingerprint density at radius 2 is 2.14 bits per heavy atom. The number of rotatable bonds is 2. The Morgan fingerprint density at radius 3 is 2.64 bits per heavy atom. The van der Waals surface area contributed by atoms with Crippen molar-refractivity contribution >= 4 is 17.4 Å². The van der Waals surface area contributed by atoms with Crippen molar-refractivity contribution in [1.29, 1.82) is 0 Å². The Hall–Kier alpha value is -1.10. The minimum absolute atomic E-state index is 0.491. The first-order valence-electron chi connectivity index (χ1n) is 3.57. The van der Waals surface area contributed by atoms with Crippen LogP contribution in [0.4, 0.5) is 13.2 Å². The van der Waals surface area contributed by atoms with E-state index in [1.54, 1.807) is 0 Å². The number of pyridine rings is 1. The predicted molar refractivity (Wildman–Crippen MR) is 44.3 cm³/mol. The molecule has 0 fully saturated rings. The van der Waals surface area contributed by atoms with Crippen LogP contribution < -0.4 is 0 Å². The molecular weight excluding hydrogens is 219 g/mol. The van der Waals surface area contributed by atoms with Crippen molar-refractivity contribution in [2.75, 3.05) is 5.88 Å². The second-order valence-electron chi connectivity index (χ2n) is 2.48. The standard InChI is InChI=1S/C8H5ClF3NO/c9-3-7(14)5-4-13-2-1-6(5)8(10,11)12/h1-2,4H,3H2. The number of hydrogen-bond acceptors (Lipinski definition) is 2. The average Bonchev–Trinajstić information content (AvgIpc) is 2.15. The number of Topliss-reactive ketones (excluding diaryl/α,β-unsaturated/α-hetero) is 1. The van der Waals surface area contributed by atoms with Gasteiger partial charge >= 0.3 is 6.18 Å². The van der Waals surface area contributed by atoms with Gasteiger partial charge < -0.3 is 0 Å². The van der Waals surface area contributed by atoms with Crippen LogP contribution in [0.5, 0.6) is 0 Å². The van der Waals surface area contributed by atoms with Crippen molar-refractivity contribution in [3.05, 3.63) is 29.6 Å². The first kappa shape index (κ1) is 11.0. The second-order valence-corrected chi connectivity index (χ2v) is 2.74. The quantitative estimate of drug-likeness (QED) is 0.570. The number of hydrogen-bond donors (Lipinski definition) is 0. The summed E-state index contributed by atoms with van der Waals surface area (Å²) < 4.78 is 37.0. The third-order valence-corrected chi connectivity index (χ3v) is 1.79. The number of halogens is 4. The molecule has 1 rings (SSSR count). The van der Waals surface area contributed by atoms with Crippen LogP contribution in [0.25, 0.3) is 0 Å². The maximum atomic E-state index is 12.3. The van der Waals surface area contributed by atoms with Gasteiger partial charge in [0, 0.05) is 18.0 Å². The maximum absolute atomic E-state index is 12.3. The summed E-state index contributed by atoms with van der Waals surface area (Å²) in [6, 6.07) is 0.750. The zero-order chi connectivity index (χ0) is 10.8. The molecule has 0 N–H and O–H groups in total. The topological polar surface area (TPSA) is 30.0 Å². The molecule has 0 bridgehead atoms. The van der Waals surface area contributed by atoms with E-state index in [9.17, 15) is 18.0 Å². The van der Waals surface area contributed by atoms with E-state index in [1.807, 2.05) is 0 Å². The molecule has 0 spiro atoms. The minimum atomic E-state index is -4.56. The van der Waals surface area contributed by atoms with Gasteiger partial charge in [0.1, 0.15) is 0 Å². The summed E-state index contributed by atoms with van der Waals surface area (Å²) in [5, 5.41) is 0. The van der Waals surface area contributed by atoms with Crippen LogP contribution in [0.3, 0.4) is 0 Å². The van der Waals surface area contributed by atoms with E-state index < -0.39 is 29.0 Å². The van der Waals surface area contributed by atoms with Gasteiger partial charge in [-0.25, -0.2) is 0 Å². The SMILES string of the molecule is O=C(CCl)c1cnccc1C(F)(F)F. The van der Waals surface area contributed by atoms with E-state index in [0.29, 0.717) is 0 Å². The highest BCUT2D eigenvalue weighted by Crippen LogP contribution is 2.31. The molecular formula is C8H5ClF3NO. The first-order valence-corrected chi connectivity index (χ1v) is 4.10. The van der Waals surface area contributed by atoms with Crippen molar-refractivity contribution < 1.29 is 18.0 Å². The molecule has 0 aliphatic rings. The number of ketones is 1. The zero-order valence-corrected chi connectivity index (χ0v) is 7.56. The van der Waals surface area contributed by atoms with Gasteiger partial charge in [-0.15, -0.1) is 11.6 Å². The summed E-state index contributed by atoms with van der Waals surface area (Å²) in [5.41, 5.74) is -1.49. The molecule has 0 radical (unpaired) electrons. The first-order chi connectivity index (χ1) is 6.46. The predicted octanol–water partition coefficient (Wildman–Crippen LogP) is 2.52. The number of carbonyl (C=O) groups excluding carboxylic acids is 1. The highest BCUT2D eigenvalue weighted by molar-refractivity contribution is 6.30. The molecule has 0 aromatic carbocycles. The molecule has 1 heterocycles. The smallest absolute Gasteiger partial charge is 0.293 e. The van der Waals surface area contributed by atoms with Crippen molar-refractivity contribution in [1.82, 2.24) is 4.98 Å². The van der Waals surface area contributed by atoms with Gasteiger partial charge in [-0.2, -0.15) is 13.2 Å². The molecule has 0 amide bonds. The van der Waals surface area contributed by atoms with Gasteiger partial charge in [-0.1, -0.05) is 0 Å². The molecule has 0 atom stereocenters. The Bertz CT molecular complexity index is 351. The lowest BCUT2D eigenvalue weighted by molar-refractivity contribution is -0.138. The molecule has 76 valence electrons. The Kier molecular flexibility index (Phi) is 3.10. The van der Waals surface area contributed by atoms with Crippen LogP contribution in [0.1, 0.15) is 15.9 Å². The van der Waals surface area contributed by atoms with Gasteiger partial charge in [0.05, 0.1) is 11.4 Å². The minimum Gasteiger partial charge on any atom is -0.293 e. The van der Waals surface area contributed by atoms with E-state index in [-0.39, 0.29) is 0 Å². The van der Waals surface area contributed by atoms with Crippen LogP contribution >= 0.6 is 11.6 Å². The lowest BCUT2D eigenvalue weighted by Crippen LogP contribution is -2.14. The fourth-order valence-corrected chi connectivity index (χ4v) is 1.08. The molecule has 2 nitrogen and oxygen atoms in total. The zero-order valence-electron chi connectivity index (χ0n) is 6.81. The molecule has 0 saturated heterocycles. The molecule has 0 aliphatic carbocycles. The van der Waals surface area contributed by atoms with Gasteiger partial charge in [0.15, 0.2) is 5.78 Å². The van der Waals surface area contributed by atoms with Crippen molar-refractivity contribution in [3.8, 4) is 0 Å². The monoisotopic (exact) mass is 223 g/mol. The van der Waals surface area contributed by atoms with E-state index in [2.05, 4.69) is 4.98 Å². The Labute approximate surface area is 82.7 Å². The summed E-state index contributed by atoms with van der Waals surface area (Å²) in [4.78, 5) is 14.5. The molecule has 1 aromatic heterocycles. The lowest BCUT2D eigenvalue weighted by atomic mass is 10.1. The third-order valence-electron chi connectivity index (χ3n) is 1.55. The molecule has 0 saturated carbocycles. The van der Waals surface area contributed by atoms with Crippen molar-refractivity contribution in [3.63, 3.8) is 0 Å². The number of carbonyl (C=O) groups is 1. The summed E-state index contributed by atoms with van der Waals surface area (Å²) in [5.74, 6) is -1.28. The fraction of sp³-hybridized carbons (Fsp3) is 0.250. The molecule has 0 unspecified atom stereocenters. The normalized spacial score (nSPS) is 11.4. The summed E-state index contributed by atoms with van der Waals surface area (Å²) in [6.07, 6.45) is -2.71. The van der Waals surface area contributed by atoms with Crippen LogP contribution in [-0.2, 0) is 6.18 Å². The van der Waals surface area contributed by atoms with E-state index >= 15 is 0 Å². The van der Waals surface area contributed by atoms with E-state index in [0.717, 1.165) is 18.5 Å². The summed E-state index contributed by atoms with van der Waals surface area (Å²) in [7, 11) is 0. The summed E-state index contributed by atoms with van der Waals surface area (Å²) in [6.45, 7) is 0. The van der Waals surface area contributed by atoms with Crippen LogP contribution in [0, 0.1) is 0 Å². The van der Waals surface area contributed by atoms with Crippen molar-refractivity contribution in [2.24, 2.45) is 0 Å². The van der Waals surface area contributed by atoms with E-state index in [4.69, 9.17) is 11.6 Å². The van der Waals surface area contributed by atoms with Crippen LogP contribution in [0.15, 0.2) is 18.5 Å². The maximum Gasteiger partial charge on any atom is 0.417 e. The average molecular weight is 224 g/mol. The van der Waals surface area contributed by atoms with Crippen LogP contribution in [0.2, 0.25) is 0 Å². The molecule has 14 heavy (non-hydrogen) atoms. The molecule has 1 aromatic rings. The number of aromatic nitrogens is 1. The largest absolute Gasteiger partial charge is 0.417 e. The molecule has 0 aliphatic heterocycles. The fourth-order valence-electron chi connectivity index (χ4n) is 0.936. The highest BCUT2D eigenvalue weighted by Gasteiger charge is 2.34. The van der Waals surface area contributed by atoms with Crippen molar-refractivity contribution in [2.45, 2.75) is 6.18 Å². The number of alkyl halides is 4. The lowest BCUT2D eigenvalue weighted by Gasteiger charge is -2.09. The van der Waals surface area contributed by atoms with E-state index in [1.165, 1.54) is 0 Å². The van der Waals surface area contributed by atoms with Gasteiger partial charge in [-0.3, -0.25) is 9.78 Å². The summed E-state index contributed by atoms with van der Waals surface area (Å²) >= 11 is 5.16. The third kappa shape index (κ3) is 2.23. The second kappa shape index (κ2) is 3.96. The van der Waals surface area contributed by atoms with Gasteiger partial charge in [0.25, 0.3) is 0 Å². The molecule has 6 heteroatoms. The van der Waals surface area contributed by atoms with Crippen LogP contribution in [-0.4, -0.2) is 16.6 Å². The highest BCUT2D eigenvalue weighted by atomic mass is 35.5. The van der Waals surface area contributed by atoms with Gasteiger partial charge in [0.2, 0.25) is 0 Å².